The number of aromatic nitrogens is 4. The summed E-state index contributed by atoms with van der Waals surface area (Å²) in [6.45, 7) is 2.97. The predicted molar refractivity (Wildman–Crippen MR) is 94.7 cm³/mol. The summed E-state index contributed by atoms with van der Waals surface area (Å²) in [6.07, 6.45) is 1.61. The molecule has 0 saturated carbocycles. The Morgan fingerprint density at radius 3 is 2.78 bits per heavy atom. The minimum atomic E-state index is -1.49. The molecule has 3 aromatic heterocycles. The molecule has 1 atom stereocenters. The van der Waals surface area contributed by atoms with E-state index >= 15 is 0 Å². The van der Waals surface area contributed by atoms with Gasteiger partial charge in [-0.3, -0.25) is 9.19 Å². The number of pyridine rings is 2. The number of nitrogens with zero attached hydrogens (tertiary/aromatic N) is 4. The summed E-state index contributed by atoms with van der Waals surface area (Å²) in [6, 6.07) is 3.49. The van der Waals surface area contributed by atoms with E-state index in [0.717, 1.165) is 5.56 Å². The summed E-state index contributed by atoms with van der Waals surface area (Å²) in [7, 11) is 0.0888. The zero-order valence-corrected chi connectivity index (χ0v) is 18.5. The molecular weight excluding hydrogens is 382 g/mol. The maximum absolute atomic E-state index is 12.7. The molecule has 3 rings (SSSR count). The van der Waals surface area contributed by atoms with E-state index in [4.69, 9.17) is 9.47 Å². The number of ether oxygens (including phenoxy) is 2. The fourth-order valence-electron chi connectivity index (χ4n) is 2.45. The van der Waals surface area contributed by atoms with Crippen molar-refractivity contribution in [2.45, 2.75) is 24.8 Å². The molecule has 138 valence electrons. The quantitative estimate of drug-likeness (QED) is 0.483. The van der Waals surface area contributed by atoms with Crippen LogP contribution in [0, 0.1) is 13.8 Å². The van der Waals surface area contributed by atoms with E-state index in [2.05, 4.69) is 19.9 Å². The summed E-state index contributed by atoms with van der Waals surface area (Å²) >= 11 is 0. The molecular formula is C17H18FN4NaO3S. The van der Waals surface area contributed by atoms with Crippen LogP contribution in [0.1, 0.15) is 16.8 Å². The van der Waals surface area contributed by atoms with E-state index in [1.807, 2.05) is 6.92 Å². The first-order valence-corrected chi connectivity index (χ1v) is 9.23. The van der Waals surface area contributed by atoms with Gasteiger partial charge in [-0.2, -0.15) is 0 Å². The third-order valence-corrected chi connectivity index (χ3v) is 4.94. The molecule has 0 aliphatic heterocycles. The van der Waals surface area contributed by atoms with E-state index in [1.54, 1.807) is 32.4 Å². The second-order valence-electron chi connectivity index (χ2n) is 5.57. The Morgan fingerprint density at radius 1 is 1.30 bits per heavy atom. The van der Waals surface area contributed by atoms with E-state index in [-0.39, 0.29) is 47.1 Å². The minimum Gasteiger partial charge on any atom is -0.496 e. The number of rotatable bonds is 7. The Morgan fingerprint density at radius 2 is 2.07 bits per heavy atom. The fraction of sp³-hybridized carbons (Fsp3) is 0.353. The first-order valence-electron chi connectivity index (χ1n) is 7.91. The van der Waals surface area contributed by atoms with Crippen LogP contribution in [0.15, 0.2) is 23.5 Å². The smallest absolute Gasteiger partial charge is 0.496 e. The summed E-state index contributed by atoms with van der Waals surface area (Å²) in [5, 5.41) is 0.179. The van der Waals surface area contributed by atoms with E-state index in [1.165, 1.54) is 0 Å². The minimum absolute atomic E-state index is 0. The van der Waals surface area contributed by atoms with Crippen molar-refractivity contribution in [1.82, 2.24) is 19.9 Å². The Labute approximate surface area is 180 Å². The van der Waals surface area contributed by atoms with Crippen molar-refractivity contribution in [3.05, 3.63) is 35.2 Å². The molecule has 0 aliphatic rings. The third kappa shape index (κ3) is 4.84. The molecule has 7 nitrogen and oxygen atoms in total. The maximum atomic E-state index is 12.7. The average molecular weight is 400 g/mol. The van der Waals surface area contributed by atoms with Gasteiger partial charge in [0.1, 0.15) is 24.9 Å². The van der Waals surface area contributed by atoms with Gasteiger partial charge >= 0.3 is 29.6 Å². The monoisotopic (exact) mass is 400 g/mol. The molecule has 0 fully saturated rings. The van der Waals surface area contributed by atoms with Gasteiger partial charge in [-0.25, -0.2) is 4.39 Å². The van der Waals surface area contributed by atoms with Gasteiger partial charge in [-0.1, -0.05) is 0 Å². The number of alkyl halides is 1. The van der Waals surface area contributed by atoms with Crippen LogP contribution < -0.4 is 44.0 Å². The standard InChI is InChI=1S/C17H18FN4O3S.Na/c1-10-8-12-15(21-16(10)25-7-5-18)22-17(20-12)26(23)9-13-11(2)14(24-3)4-6-19-13;/h4,6,8H,5,7,9H2,1-3H3;/q-1;+1. The van der Waals surface area contributed by atoms with Gasteiger partial charge in [0.05, 0.1) is 34.5 Å². The second-order valence-corrected chi connectivity index (χ2v) is 6.92. The maximum Gasteiger partial charge on any atom is 1.00 e. The van der Waals surface area contributed by atoms with Crippen molar-refractivity contribution in [3.63, 3.8) is 0 Å². The topological polar surface area (TPSA) is 88.3 Å². The van der Waals surface area contributed by atoms with Crippen molar-refractivity contribution in [2.24, 2.45) is 0 Å². The summed E-state index contributed by atoms with van der Waals surface area (Å²) in [5.74, 6) is 1.16. The number of fused-ring (bicyclic) bond motifs is 1. The van der Waals surface area contributed by atoms with Crippen molar-refractivity contribution in [3.8, 4) is 11.6 Å². The normalized spacial score (nSPS) is 11.9. The summed E-state index contributed by atoms with van der Waals surface area (Å²) in [5.41, 5.74) is 3.05. The molecule has 3 aromatic rings. The zero-order valence-electron chi connectivity index (χ0n) is 15.7. The van der Waals surface area contributed by atoms with Crippen LogP contribution in [0.2, 0.25) is 0 Å². The molecule has 1 unspecified atom stereocenters. The Bertz CT molecular complexity index is 967. The van der Waals surface area contributed by atoms with Gasteiger partial charge in [-0.15, -0.1) is 0 Å². The number of hydrogen-bond acceptors (Lipinski definition) is 6. The molecule has 0 bridgehead atoms. The number of methoxy groups -OCH3 is 1. The summed E-state index contributed by atoms with van der Waals surface area (Å²) < 4.78 is 35.5. The van der Waals surface area contributed by atoms with Crippen molar-refractivity contribution >= 4 is 22.0 Å². The van der Waals surface area contributed by atoms with Crippen LogP contribution in [0.25, 0.3) is 11.2 Å². The van der Waals surface area contributed by atoms with Gasteiger partial charge in [-0.05, 0) is 31.5 Å². The van der Waals surface area contributed by atoms with Crippen molar-refractivity contribution in [2.75, 3.05) is 20.4 Å². The average Bonchev–Trinajstić information content (AvgIpc) is 3.04. The first-order chi connectivity index (χ1) is 12.5. The number of halogens is 1. The van der Waals surface area contributed by atoms with Gasteiger partial charge in [0, 0.05) is 22.9 Å². The van der Waals surface area contributed by atoms with Crippen molar-refractivity contribution < 1.29 is 47.6 Å². The Kier molecular flexibility index (Phi) is 7.72. The van der Waals surface area contributed by atoms with Gasteiger partial charge in [0.15, 0.2) is 0 Å². The van der Waals surface area contributed by atoms with Crippen molar-refractivity contribution in [1.29, 1.82) is 0 Å². The van der Waals surface area contributed by atoms with E-state index in [9.17, 15) is 8.60 Å². The number of imidazole rings is 1. The molecule has 0 aromatic carbocycles. The zero-order chi connectivity index (χ0) is 18.7. The number of hydrogen-bond donors (Lipinski definition) is 0. The fourth-order valence-corrected chi connectivity index (χ4v) is 3.51. The van der Waals surface area contributed by atoms with E-state index < -0.39 is 17.5 Å². The molecule has 27 heavy (non-hydrogen) atoms. The first kappa shape index (κ1) is 21.7. The number of aryl methyl sites for hydroxylation is 1. The molecule has 0 radical (unpaired) electrons. The predicted octanol–water partition coefficient (Wildman–Crippen LogP) is -0.732. The van der Waals surface area contributed by atoms with Gasteiger partial charge in [0.2, 0.25) is 0 Å². The SMILES string of the molecule is COc1ccnc(CS(=O)c2nc3cc(C)c(OCCF)nc3[n-]2)c1C.[Na+]. The van der Waals surface area contributed by atoms with Crippen LogP contribution in [0.4, 0.5) is 4.39 Å². The molecule has 0 aliphatic carbocycles. The largest absolute Gasteiger partial charge is 1.00 e. The Hall–Kier alpha value is -1.55. The third-order valence-electron chi connectivity index (χ3n) is 3.81. The Balaban J connectivity index is 0.00000261. The second kappa shape index (κ2) is 9.59. The molecule has 0 saturated heterocycles. The van der Waals surface area contributed by atoms with Crippen LogP contribution in [-0.2, 0) is 16.6 Å². The van der Waals surface area contributed by atoms with Gasteiger partial charge < -0.3 is 24.4 Å². The van der Waals surface area contributed by atoms with Crippen LogP contribution in [0.3, 0.4) is 0 Å². The van der Waals surface area contributed by atoms with Crippen LogP contribution in [-0.4, -0.2) is 39.6 Å². The molecule has 0 N–H and O–H groups in total. The molecule has 0 spiro atoms. The molecule has 3 heterocycles. The van der Waals surface area contributed by atoms with Crippen LogP contribution in [0.5, 0.6) is 11.6 Å². The van der Waals surface area contributed by atoms with Gasteiger partial charge in [0.25, 0.3) is 0 Å². The van der Waals surface area contributed by atoms with Crippen LogP contribution >= 0.6 is 0 Å². The summed E-state index contributed by atoms with van der Waals surface area (Å²) in [4.78, 5) is 17.0. The molecule has 10 heteroatoms. The molecule has 0 amide bonds. The van der Waals surface area contributed by atoms with E-state index in [0.29, 0.717) is 34.1 Å².